The van der Waals surface area contributed by atoms with E-state index in [4.69, 9.17) is 5.73 Å². The molecule has 0 atom stereocenters. The van der Waals surface area contributed by atoms with Crippen LogP contribution < -0.4 is 5.73 Å². The van der Waals surface area contributed by atoms with Gasteiger partial charge in [-0.3, -0.25) is 4.90 Å². The first kappa shape index (κ1) is 12.7. The molecule has 4 heteroatoms. The largest absolute Gasteiger partial charge is 0.328 e. The second-order valence-electron chi connectivity index (χ2n) is 4.05. The first-order valence-corrected chi connectivity index (χ1v) is 6.75. The summed E-state index contributed by atoms with van der Waals surface area (Å²) in [4.78, 5) is 2.52. The average molecular weight is 234 g/mol. The standard InChI is InChI=1S/C10H22N2S2/c11-9-1-3-10(4-2-9)12(5-7-13)6-8-14/h9-10,13-14H,1-8,11H2. The number of hydrogen-bond donors (Lipinski definition) is 3. The minimum atomic E-state index is 0.445. The molecule has 0 unspecified atom stereocenters. The fourth-order valence-electron chi connectivity index (χ4n) is 2.20. The van der Waals surface area contributed by atoms with Gasteiger partial charge in [0, 0.05) is 36.7 Å². The number of nitrogens with zero attached hydrogens (tertiary/aromatic N) is 1. The van der Waals surface area contributed by atoms with Gasteiger partial charge < -0.3 is 5.73 Å². The Morgan fingerprint density at radius 2 is 1.50 bits per heavy atom. The summed E-state index contributed by atoms with van der Waals surface area (Å²) in [6, 6.07) is 1.18. The Balaban J connectivity index is 2.34. The Morgan fingerprint density at radius 1 is 1.00 bits per heavy atom. The van der Waals surface area contributed by atoms with E-state index in [9.17, 15) is 0 Å². The summed E-state index contributed by atoms with van der Waals surface area (Å²) >= 11 is 8.60. The molecule has 0 saturated heterocycles. The lowest BCUT2D eigenvalue weighted by Gasteiger charge is -2.35. The molecule has 0 aliphatic heterocycles. The molecule has 1 aliphatic rings. The van der Waals surface area contributed by atoms with Crippen molar-refractivity contribution in [3.05, 3.63) is 0 Å². The molecule has 0 bridgehead atoms. The molecule has 14 heavy (non-hydrogen) atoms. The van der Waals surface area contributed by atoms with E-state index >= 15 is 0 Å². The minimum Gasteiger partial charge on any atom is -0.328 e. The highest BCUT2D eigenvalue weighted by molar-refractivity contribution is 7.80. The lowest BCUT2D eigenvalue weighted by Crippen LogP contribution is -2.42. The van der Waals surface area contributed by atoms with Crippen LogP contribution in [0.2, 0.25) is 0 Å². The predicted molar refractivity (Wildman–Crippen MR) is 69.5 cm³/mol. The van der Waals surface area contributed by atoms with Crippen LogP contribution in [0.1, 0.15) is 25.7 Å². The summed E-state index contributed by atoms with van der Waals surface area (Å²) in [7, 11) is 0. The Morgan fingerprint density at radius 3 is 1.93 bits per heavy atom. The Hall–Kier alpha value is 0.620. The van der Waals surface area contributed by atoms with E-state index in [-0.39, 0.29) is 0 Å². The van der Waals surface area contributed by atoms with Gasteiger partial charge in [0.25, 0.3) is 0 Å². The highest BCUT2D eigenvalue weighted by Gasteiger charge is 2.22. The molecule has 0 aromatic heterocycles. The van der Waals surface area contributed by atoms with Crippen molar-refractivity contribution in [1.82, 2.24) is 4.90 Å². The van der Waals surface area contributed by atoms with Crippen LogP contribution in [0.3, 0.4) is 0 Å². The lowest BCUT2D eigenvalue weighted by molar-refractivity contribution is 0.167. The van der Waals surface area contributed by atoms with Crippen LogP contribution in [0.4, 0.5) is 0 Å². The van der Waals surface area contributed by atoms with Crippen LogP contribution >= 0.6 is 25.3 Å². The first-order chi connectivity index (χ1) is 6.77. The van der Waals surface area contributed by atoms with Gasteiger partial charge in [0.05, 0.1) is 0 Å². The molecular formula is C10H22N2S2. The Kier molecular flexibility index (Phi) is 6.33. The molecular weight excluding hydrogens is 212 g/mol. The van der Waals surface area contributed by atoms with E-state index in [1.165, 1.54) is 25.7 Å². The molecule has 1 saturated carbocycles. The van der Waals surface area contributed by atoms with Crippen LogP contribution in [-0.2, 0) is 0 Å². The number of thiol groups is 2. The van der Waals surface area contributed by atoms with Gasteiger partial charge >= 0.3 is 0 Å². The maximum Gasteiger partial charge on any atom is 0.00970 e. The maximum absolute atomic E-state index is 5.90. The molecule has 0 amide bonds. The van der Waals surface area contributed by atoms with Crippen LogP contribution in [0.5, 0.6) is 0 Å². The fraction of sp³-hybridized carbons (Fsp3) is 1.00. The molecule has 2 nitrogen and oxygen atoms in total. The van der Waals surface area contributed by atoms with E-state index in [0.29, 0.717) is 6.04 Å². The molecule has 2 N–H and O–H groups in total. The third kappa shape index (κ3) is 4.01. The fourth-order valence-corrected chi connectivity index (χ4v) is 2.71. The van der Waals surface area contributed by atoms with Crippen LogP contribution in [0.15, 0.2) is 0 Å². The Bertz CT molecular complexity index is 141. The number of nitrogens with two attached hydrogens (primary N) is 1. The SMILES string of the molecule is NC1CCC(N(CCS)CCS)CC1. The molecule has 1 rings (SSSR count). The third-order valence-corrected chi connectivity index (χ3v) is 3.43. The zero-order valence-electron chi connectivity index (χ0n) is 8.73. The van der Waals surface area contributed by atoms with Crippen molar-refractivity contribution >= 4 is 25.3 Å². The van der Waals surface area contributed by atoms with Gasteiger partial charge in [0.2, 0.25) is 0 Å². The maximum atomic E-state index is 5.90. The van der Waals surface area contributed by atoms with Crippen molar-refractivity contribution in [2.75, 3.05) is 24.6 Å². The van der Waals surface area contributed by atoms with Crippen molar-refractivity contribution in [3.63, 3.8) is 0 Å². The molecule has 0 aromatic rings. The van der Waals surface area contributed by atoms with Gasteiger partial charge in [-0.05, 0) is 25.7 Å². The molecule has 0 aromatic carbocycles. The van der Waals surface area contributed by atoms with Crippen LogP contribution in [0, 0.1) is 0 Å². The highest BCUT2D eigenvalue weighted by Crippen LogP contribution is 2.21. The first-order valence-electron chi connectivity index (χ1n) is 5.49. The van der Waals surface area contributed by atoms with Crippen LogP contribution in [0.25, 0.3) is 0 Å². The van der Waals surface area contributed by atoms with E-state index in [2.05, 4.69) is 30.2 Å². The second-order valence-corrected chi connectivity index (χ2v) is 4.95. The lowest BCUT2D eigenvalue weighted by atomic mass is 9.91. The van der Waals surface area contributed by atoms with Gasteiger partial charge in [0.1, 0.15) is 0 Å². The van der Waals surface area contributed by atoms with E-state index < -0.39 is 0 Å². The summed E-state index contributed by atoms with van der Waals surface area (Å²) < 4.78 is 0. The zero-order valence-corrected chi connectivity index (χ0v) is 10.5. The Labute approximate surface area is 98.4 Å². The van der Waals surface area contributed by atoms with Gasteiger partial charge in [0.15, 0.2) is 0 Å². The quantitative estimate of drug-likeness (QED) is 0.628. The van der Waals surface area contributed by atoms with E-state index in [0.717, 1.165) is 30.6 Å². The van der Waals surface area contributed by atoms with E-state index in [1.54, 1.807) is 0 Å². The summed E-state index contributed by atoms with van der Waals surface area (Å²) in [5.74, 6) is 1.88. The summed E-state index contributed by atoms with van der Waals surface area (Å²) in [5.41, 5.74) is 5.90. The zero-order chi connectivity index (χ0) is 10.4. The van der Waals surface area contributed by atoms with Crippen molar-refractivity contribution in [2.45, 2.75) is 37.8 Å². The molecule has 1 fully saturated rings. The topological polar surface area (TPSA) is 29.3 Å². The normalized spacial score (nSPS) is 28.3. The number of rotatable bonds is 5. The monoisotopic (exact) mass is 234 g/mol. The van der Waals surface area contributed by atoms with Crippen LogP contribution in [-0.4, -0.2) is 41.6 Å². The van der Waals surface area contributed by atoms with Gasteiger partial charge in [-0.2, -0.15) is 25.3 Å². The predicted octanol–water partition coefficient (Wildman–Crippen LogP) is 1.42. The van der Waals surface area contributed by atoms with Gasteiger partial charge in [-0.15, -0.1) is 0 Å². The molecule has 0 heterocycles. The summed E-state index contributed by atoms with van der Waals surface area (Å²) in [6.07, 6.45) is 4.87. The van der Waals surface area contributed by atoms with E-state index in [1.807, 2.05) is 0 Å². The van der Waals surface area contributed by atoms with Crippen molar-refractivity contribution < 1.29 is 0 Å². The van der Waals surface area contributed by atoms with Crippen molar-refractivity contribution in [3.8, 4) is 0 Å². The molecule has 84 valence electrons. The second kappa shape index (κ2) is 6.99. The smallest absolute Gasteiger partial charge is 0.00970 e. The summed E-state index contributed by atoms with van der Waals surface area (Å²) in [6.45, 7) is 2.17. The molecule has 1 aliphatic carbocycles. The minimum absolute atomic E-state index is 0.445. The van der Waals surface area contributed by atoms with Crippen molar-refractivity contribution in [2.24, 2.45) is 5.73 Å². The van der Waals surface area contributed by atoms with Crippen molar-refractivity contribution in [1.29, 1.82) is 0 Å². The molecule has 0 spiro atoms. The summed E-state index contributed by atoms with van der Waals surface area (Å²) in [5, 5.41) is 0. The number of hydrogen-bond acceptors (Lipinski definition) is 4. The van der Waals surface area contributed by atoms with Gasteiger partial charge in [-0.25, -0.2) is 0 Å². The van der Waals surface area contributed by atoms with Gasteiger partial charge in [-0.1, -0.05) is 0 Å². The highest BCUT2D eigenvalue weighted by atomic mass is 32.1. The molecule has 0 radical (unpaired) electrons. The third-order valence-electron chi connectivity index (χ3n) is 3.03. The average Bonchev–Trinajstić information content (AvgIpc) is 2.19.